The number of nitrogens with two attached hydrogens (primary N) is 1. The van der Waals surface area contributed by atoms with Crippen molar-refractivity contribution in [2.75, 3.05) is 5.73 Å². The summed E-state index contributed by atoms with van der Waals surface area (Å²) in [4.78, 5) is 4.19. The summed E-state index contributed by atoms with van der Waals surface area (Å²) in [5.74, 6) is 1.26. The van der Waals surface area contributed by atoms with Gasteiger partial charge in [-0.1, -0.05) is 34.6 Å². The Labute approximate surface area is 79.3 Å². The highest BCUT2D eigenvalue weighted by atomic mass is 16.4. The van der Waals surface area contributed by atoms with Gasteiger partial charge in [0.2, 0.25) is 0 Å². The van der Waals surface area contributed by atoms with E-state index in [1.807, 2.05) is 0 Å². The van der Waals surface area contributed by atoms with Crippen molar-refractivity contribution in [1.29, 1.82) is 0 Å². The predicted octanol–water partition coefficient (Wildman–Crippen LogP) is 2.68. The van der Waals surface area contributed by atoms with Crippen molar-refractivity contribution in [3.63, 3.8) is 0 Å². The minimum absolute atomic E-state index is 0.0236. The summed E-state index contributed by atoms with van der Waals surface area (Å²) in [7, 11) is 0. The first-order chi connectivity index (χ1) is 5.82. The van der Waals surface area contributed by atoms with E-state index in [1.54, 1.807) is 0 Å². The molecule has 1 aromatic rings. The SMILES string of the molecule is CC(C)c1nc(N)oc1C(C)(C)C. The normalized spacial score (nSPS) is 12.5. The van der Waals surface area contributed by atoms with Gasteiger partial charge in [0.15, 0.2) is 0 Å². The fourth-order valence-electron chi connectivity index (χ4n) is 1.28. The number of aromatic nitrogens is 1. The molecule has 1 aromatic heterocycles. The first-order valence-electron chi connectivity index (χ1n) is 4.59. The molecule has 0 atom stereocenters. The van der Waals surface area contributed by atoms with Crippen LogP contribution >= 0.6 is 0 Å². The zero-order chi connectivity index (χ0) is 10.2. The van der Waals surface area contributed by atoms with E-state index in [0.717, 1.165) is 11.5 Å². The fourth-order valence-corrected chi connectivity index (χ4v) is 1.28. The fraction of sp³-hybridized carbons (Fsp3) is 0.700. The molecule has 0 aliphatic heterocycles. The number of nitrogen functional groups attached to an aromatic ring is 1. The van der Waals surface area contributed by atoms with Crippen LogP contribution in [0.15, 0.2) is 4.42 Å². The third kappa shape index (κ3) is 2.02. The standard InChI is InChI=1S/C10H18N2O/c1-6(2)7-8(10(3,4)5)13-9(11)12-7/h6H,1-5H3,(H2,11,12). The molecule has 0 amide bonds. The van der Waals surface area contributed by atoms with Gasteiger partial charge in [-0.2, -0.15) is 4.98 Å². The third-order valence-corrected chi connectivity index (χ3v) is 1.90. The smallest absolute Gasteiger partial charge is 0.292 e. The van der Waals surface area contributed by atoms with Crippen LogP contribution in [0.2, 0.25) is 0 Å². The third-order valence-electron chi connectivity index (χ3n) is 1.90. The Hall–Kier alpha value is -0.990. The quantitative estimate of drug-likeness (QED) is 0.726. The molecule has 2 N–H and O–H groups in total. The van der Waals surface area contributed by atoms with Crippen LogP contribution in [0.25, 0.3) is 0 Å². The van der Waals surface area contributed by atoms with Crippen molar-refractivity contribution < 1.29 is 4.42 Å². The highest BCUT2D eigenvalue weighted by Crippen LogP contribution is 2.31. The Bertz CT molecular complexity index is 294. The largest absolute Gasteiger partial charge is 0.428 e. The number of hydrogen-bond acceptors (Lipinski definition) is 3. The van der Waals surface area contributed by atoms with E-state index in [0.29, 0.717) is 5.92 Å². The van der Waals surface area contributed by atoms with Gasteiger partial charge in [0.1, 0.15) is 5.76 Å². The second kappa shape index (κ2) is 3.05. The molecule has 0 saturated carbocycles. The van der Waals surface area contributed by atoms with E-state index >= 15 is 0 Å². The van der Waals surface area contributed by atoms with Crippen LogP contribution in [-0.2, 0) is 5.41 Å². The first-order valence-corrected chi connectivity index (χ1v) is 4.59. The molecule has 3 nitrogen and oxygen atoms in total. The van der Waals surface area contributed by atoms with Gasteiger partial charge in [-0.25, -0.2) is 0 Å². The van der Waals surface area contributed by atoms with Gasteiger partial charge in [-0.3, -0.25) is 0 Å². The Morgan fingerprint density at radius 2 is 1.85 bits per heavy atom. The lowest BCUT2D eigenvalue weighted by Crippen LogP contribution is -2.13. The van der Waals surface area contributed by atoms with Crippen LogP contribution in [0.1, 0.15) is 52.0 Å². The molecule has 0 aliphatic carbocycles. The molecule has 1 rings (SSSR count). The van der Waals surface area contributed by atoms with Gasteiger partial charge in [0.25, 0.3) is 6.01 Å². The lowest BCUT2D eigenvalue weighted by atomic mass is 9.89. The maximum absolute atomic E-state index is 5.54. The molecule has 0 bridgehead atoms. The maximum atomic E-state index is 5.54. The molecule has 0 unspecified atom stereocenters. The Balaban J connectivity index is 3.20. The summed E-state index contributed by atoms with van der Waals surface area (Å²) in [5.41, 5.74) is 6.49. The highest BCUT2D eigenvalue weighted by molar-refractivity contribution is 5.27. The molecule has 1 heterocycles. The number of hydrogen-bond donors (Lipinski definition) is 1. The minimum atomic E-state index is -0.0236. The number of anilines is 1. The summed E-state index contributed by atoms with van der Waals surface area (Å²) in [6, 6.07) is 0.272. The van der Waals surface area contributed by atoms with E-state index in [9.17, 15) is 0 Å². The average molecular weight is 182 g/mol. The molecule has 0 spiro atoms. The second-order valence-electron chi connectivity index (χ2n) is 4.67. The van der Waals surface area contributed by atoms with Gasteiger partial charge in [0, 0.05) is 5.41 Å². The number of nitrogens with zero attached hydrogens (tertiary/aromatic N) is 1. The molecular weight excluding hydrogens is 164 g/mol. The molecule has 74 valence electrons. The molecule has 0 saturated heterocycles. The van der Waals surface area contributed by atoms with Crippen molar-refractivity contribution in [2.45, 2.75) is 46.0 Å². The molecule has 0 aliphatic rings. The van der Waals surface area contributed by atoms with E-state index in [-0.39, 0.29) is 11.4 Å². The number of oxazole rings is 1. The summed E-state index contributed by atoms with van der Waals surface area (Å²) < 4.78 is 5.41. The summed E-state index contributed by atoms with van der Waals surface area (Å²) in [6.45, 7) is 10.5. The summed E-state index contributed by atoms with van der Waals surface area (Å²) in [6.07, 6.45) is 0. The Morgan fingerprint density at radius 3 is 2.15 bits per heavy atom. The monoisotopic (exact) mass is 182 g/mol. The van der Waals surface area contributed by atoms with Crippen molar-refractivity contribution in [1.82, 2.24) is 4.98 Å². The van der Waals surface area contributed by atoms with E-state index < -0.39 is 0 Å². The van der Waals surface area contributed by atoms with Crippen LogP contribution in [0.5, 0.6) is 0 Å². The molecular formula is C10H18N2O. The topological polar surface area (TPSA) is 52.0 Å². The van der Waals surface area contributed by atoms with Crippen molar-refractivity contribution in [3.8, 4) is 0 Å². The predicted molar refractivity (Wildman–Crippen MR) is 53.7 cm³/mol. The molecule has 0 fully saturated rings. The Kier molecular flexibility index (Phi) is 2.37. The van der Waals surface area contributed by atoms with Crippen LogP contribution in [0, 0.1) is 0 Å². The van der Waals surface area contributed by atoms with Crippen LogP contribution < -0.4 is 5.73 Å². The zero-order valence-electron chi connectivity index (χ0n) is 9.01. The van der Waals surface area contributed by atoms with Crippen LogP contribution in [-0.4, -0.2) is 4.98 Å². The summed E-state index contributed by atoms with van der Waals surface area (Å²) in [5, 5.41) is 0. The lowest BCUT2D eigenvalue weighted by molar-refractivity contribution is 0.411. The van der Waals surface area contributed by atoms with Gasteiger partial charge in [-0.15, -0.1) is 0 Å². The van der Waals surface area contributed by atoms with E-state index in [2.05, 4.69) is 39.6 Å². The van der Waals surface area contributed by atoms with Crippen molar-refractivity contribution in [2.24, 2.45) is 0 Å². The highest BCUT2D eigenvalue weighted by Gasteiger charge is 2.25. The Morgan fingerprint density at radius 1 is 1.31 bits per heavy atom. The van der Waals surface area contributed by atoms with Crippen LogP contribution in [0.3, 0.4) is 0 Å². The first kappa shape index (κ1) is 10.1. The van der Waals surface area contributed by atoms with E-state index in [1.165, 1.54) is 0 Å². The summed E-state index contributed by atoms with van der Waals surface area (Å²) >= 11 is 0. The van der Waals surface area contributed by atoms with Crippen molar-refractivity contribution >= 4 is 6.01 Å². The molecule has 3 heteroatoms. The number of rotatable bonds is 1. The molecule has 0 radical (unpaired) electrons. The maximum Gasteiger partial charge on any atom is 0.292 e. The zero-order valence-corrected chi connectivity index (χ0v) is 9.01. The van der Waals surface area contributed by atoms with Gasteiger partial charge >= 0.3 is 0 Å². The molecule has 13 heavy (non-hydrogen) atoms. The van der Waals surface area contributed by atoms with E-state index in [4.69, 9.17) is 10.2 Å². The lowest BCUT2D eigenvalue weighted by Gasteiger charge is -2.17. The second-order valence-corrected chi connectivity index (χ2v) is 4.67. The van der Waals surface area contributed by atoms with Gasteiger partial charge < -0.3 is 10.2 Å². The van der Waals surface area contributed by atoms with Crippen molar-refractivity contribution in [3.05, 3.63) is 11.5 Å². The molecule has 0 aromatic carbocycles. The minimum Gasteiger partial charge on any atom is -0.428 e. The van der Waals surface area contributed by atoms with Gasteiger partial charge in [0.05, 0.1) is 5.69 Å². The van der Waals surface area contributed by atoms with Gasteiger partial charge in [-0.05, 0) is 5.92 Å². The average Bonchev–Trinajstić information content (AvgIpc) is 2.29. The van der Waals surface area contributed by atoms with Crippen LogP contribution in [0.4, 0.5) is 6.01 Å².